The summed E-state index contributed by atoms with van der Waals surface area (Å²) < 4.78 is 25.8. The zero-order valence-electron chi connectivity index (χ0n) is 34.2. The highest BCUT2D eigenvalue weighted by molar-refractivity contribution is 6.74. The van der Waals surface area contributed by atoms with E-state index in [1.807, 2.05) is 79.8 Å². The minimum atomic E-state index is -2.88. The van der Waals surface area contributed by atoms with Crippen molar-refractivity contribution in [3.63, 3.8) is 0 Å². The second-order valence-corrected chi connectivity index (χ2v) is 22.6. The van der Waals surface area contributed by atoms with Crippen molar-refractivity contribution in [2.75, 3.05) is 32.6 Å². The quantitative estimate of drug-likeness (QED) is 0.159. The lowest BCUT2D eigenvalue weighted by atomic mass is 9.58. The number of hydrogen-bond acceptors (Lipinski definition) is 11. The molecule has 0 spiro atoms. The van der Waals surface area contributed by atoms with E-state index in [2.05, 4.69) is 56.9 Å². The van der Waals surface area contributed by atoms with Crippen LogP contribution in [0.1, 0.15) is 94.4 Å². The normalized spacial score (nSPS) is 24.4. The van der Waals surface area contributed by atoms with Crippen LogP contribution in [0.4, 0.5) is 5.69 Å². The van der Waals surface area contributed by atoms with Crippen LogP contribution in [-0.2, 0) is 24.1 Å². The Hall–Kier alpha value is -4.75. The number of aliphatic hydroxyl groups excluding tert-OH is 1. The molecule has 2 unspecified atom stereocenters. The molecule has 300 valence electrons. The summed E-state index contributed by atoms with van der Waals surface area (Å²) in [6, 6.07) is 20.6. The number of fused-ring (bicyclic) bond motifs is 6. The van der Waals surface area contributed by atoms with Crippen LogP contribution in [0, 0.1) is 11.8 Å². The van der Waals surface area contributed by atoms with Gasteiger partial charge in [0.15, 0.2) is 25.5 Å². The molecule has 57 heavy (non-hydrogen) atoms. The van der Waals surface area contributed by atoms with Gasteiger partial charge in [0.25, 0.3) is 5.88 Å². The summed E-state index contributed by atoms with van der Waals surface area (Å²) in [4.78, 5) is 35.3. The van der Waals surface area contributed by atoms with Gasteiger partial charge < -0.3 is 39.1 Å². The van der Waals surface area contributed by atoms with E-state index < -0.39 is 37.6 Å². The van der Waals surface area contributed by atoms with E-state index in [0.29, 0.717) is 24.2 Å². The molecule has 11 nitrogen and oxygen atoms in total. The number of allylic oxidation sites excluding steroid dienone is 1. The Morgan fingerprint density at radius 3 is 2.25 bits per heavy atom. The van der Waals surface area contributed by atoms with Crippen LogP contribution >= 0.6 is 0 Å². The molecule has 0 bridgehead atoms. The molecule has 3 aromatic carbocycles. The summed E-state index contributed by atoms with van der Waals surface area (Å²) >= 11 is 0. The van der Waals surface area contributed by atoms with Crippen LogP contribution in [0.2, 0.25) is 18.1 Å². The standard InChI is InChI=1S/C45H54N4O7Si/c1-44(2,3)57(7,8)56-45-31(37(46)40-36(42(45)52)43(47-55-40)54-25-27-17-13-10-14-18-27)22-28-21-30-35(39(50)34(28)41(45)51)33(53-24-26-15-11-9-12-16-26)23-29-32(48(4)5)19-20-49(6)38(29)30/h9-18,23,28,31-32,37,51H,19-22,24-25,46H2,1-8H3/t28-,31-,32?,37-,45?/m0/s1. The van der Waals surface area contributed by atoms with Gasteiger partial charge in [-0.1, -0.05) is 81.4 Å². The molecule has 12 heteroatoms. The number of nitrogens with zero attached hydrogens (tertiary/aromatic N) is 3. The minimum Gasteiger partial charge on any atom is -0.508 e. The number of rotatable bonds is 9. The highest BCUT2D eigenvalue weighted by atomic mass is 28.4. The molecule has 1 aliphatic heterocycles. The minimum absolute atomic E-state index is 0.0205. The van der Waals surface area contributed by atoms with Crippen LogP contribution < -0.4 is 20.1 Å². The molecule has 4 aliphatic rings. The Morgan fingerprint density at radius 1 is 1.00 bits per heavy atom. The molecule has 5 atom stereocenters. The lowest BCUT2D eigenvalue weighted by molar-refractivity contribution is -0.0273. The molecule has 0 radical (unpaired) electrons. The Labute approximate surface area is 335 Å². The molecule has 4 aromatic rings. The Morgan fingerprint density at radius 2 is 1.63 bits per heavy atom. The van der Waals surface area contributed by atoms with Crippen LogP contribution in [-0.4, -0.2) is 68.3 Å². The fraction of sp³-hybridized carbons (Fsp3) is 0.444. The van der Waals surface area contributed by atoms with Gasteiger partial charge in [0.05, 0.1) is 11.6 Å². The highest BCUT2D eigenvalue weighted by Gasteiger charge is 2.66. The first kappa shape index (κ1) is 39.1. The zero-order valence-corrected chi connectivity index (χ0v) is 35.2. The van der Waals surface area contributed by atoms with Crippen LogP contribution in [0.25, 0.3) is 0 Å². The van der Waals surface area contributed by atoms with Crippen molar-refractivity contribution in [3.05, 3.63) is 117 Å². The molecule has 1 aromatic heterocycles. The first-order valence-electron chi connectivity index (χ1n) is 19.9. The van der Waals surface area contributed by atoms with Crippen LogP contribution in [0.3, 0.4) is 0 Å². The molecule has 0 saturated carbocycles. The van der Waals surface area contributed by atoms with Crippen molar-refractivity contribution in [1.82, 2.24) is 10.1 Å². The number of carbonyl (C=O) groups excluding carboxylic acids is 2. The number of carbonyl (C=O) groups is 2. The molecule has 3 aliphatic carbocycles. The smallest absolute Gasteiger partial charge is 0.265 e. The number of aromatic nitrogens is 1. The monoisotopic (exact) mass is 790 g/mol. The molecule has 8 rings (SSSR count). The number of ketones is 2. The third kappa shape index (κ3) is 6.32. The van der Waals surface area contributed by atoms with Gasteiger partial charge >= 0.3 is 0 Å². The Bertz CT molecular complexity index is 2250. The number of ether oxygens (including phenoxy) is 2. The van der Waals surface area contributed by atoms with Crippen molar-refractivity contribution in [2.45, 2.75) is 89.1 Å². The molecule has 0 fully saturated rings. The maximum atomic E-state index is 15.4. The number of hydrogen-bond donors (Lipinski definition) is 2. The summed E-state index contributed by atoms with van der Waals surface area (Å²) in [7, 11) is 3.34. The predicted octanol–water partition coefficient (Wildman–Crippen LogP) is 8.12. The van der Waals surface area contributed by atoms with Gasteiger partial charge in [0, 0.05) is 36.8 Å². The first-order chi connectivity index (χ1) is 27.0. The summed E-state index contributed by atoms with van der Waals surface area (Å²) in [6.45, 7) is 11.5. The third-order valence-electron chi connectivity index (χ3n) is 13.2. The fourth-order valence-corrected chi connectivity index (χ4v) is 10.6. The lowest BCUT2D eigenvalue weighted by Crippen LogP contribution is -2.64. The van der Waals surface area contributed by atoms with E-state index in [4.69, 9.17) is 24.2 Å². The summed E-state index contributed by atoms with van der Waals surface area (Å²) in [5.41, 5.74) is 10.7. The second kappa shape index (κ2) is 14.3. The fourth-order valence-electron chi connectivity index (χ4n) is 9.18. The van der Waals surface area contributed by atoms with Crippen molar-refractivity contribution < 1.29 is 33.1 Å². The number of nitrogens with two attached hydrogens (primary N) is 1. The van der Waals surface area contributed by atoms with Gasteiger partial charge in [-0.3, -0.25) is 9.59 Å². The molecule has 3 N–H and O–H groups in total. The van der Waals surface area contributed by atoms with Crippen molar-refractivity contribution >= 4 is 25.6 Å². The van der Waals surface area contributed by atoms with E-state index >= 15 is 9.59 Å². The van der Waals surface area contributed by atoms with Gasteiger partial charge in [-0.25, -0.2) is 0 Å². The van der Waals surface area contributed by atoms with Gasteiger partial charge in [0.2, 0.25) is 5.78 Å². The SMILES string of the molecule is CN1CCC(N(C)C)c2cc(OCc3ccccc3)c3c(c21)C[C@H]1C[C@H]2[C@H](N)c4onc(OCc5ccccc5)c4C(=O)C2(O[Si](C)(C)C(C)(C)C)C(O)=C1C3=O. The third-order valence-corrected chi connectivity index (χ3v) is 17.6. The zero-order chi connectivity index (χ0) is 40.6. The van der Waals surface area contributed by atoms with Crippen molar-refractivity contribution in [3.8, 4) is 11.6 Å². The summed E-state index contributed by atoms with van der Waals surface area (Å²) in [5.74, 6) is -1.87. The number of aliphatic hydroxyl groups is 1. The largest absolute Gasteiger partial charge is 0.508 e. The molecule has 0 saturated heterocycles. The Balaban J connectivity index is 1.31. The first-order valence-corrected chi connectivity index (χ1v) is 22.8. The highest BCUT2D eigenvalue weighted by Crippen LogP contribution is 2.59. The average Bonchev–Trinajstić information content (AvgIpc) is 3.60. The van der Waals surface area contributed by atoms with Gasteiger partial charge in [0.1, 0.15) is 30.3 Å². The molecule has 0 amide bonds. The summed E-state index contributed by atoms with van der Waals surface area (Å²) in [5, 5.41) is 16.8. The van der Waals surface area contributed by atoms with E-state index in [0.717, 1.165) is 40.9 Å². The maximum absolute atomic E-state index is 15.4. The van der Waals surface area contributed by atoms with E-state index in [9.17, 15) is 5.11 Å². The van der Waals surface area contributed by atoms with E-state index in [1.165, 1.54) is 0 Å². The number of Topliss-reactive ketones (excluding diaryl/α,β-unsaturated/α-hetero) is 2. The molecular weight excluding hydrogens is 737 g/mol. The lowest BCUT2D eigenvalue weighted by Gasteiger charge is -2.54. The van der Waals surface area contributed by atoms with Gasteiger partial charge in [-0.2, -0.15) is 0 Å². The second-order valence-electron chi connectivity index (χ2n) is 17.9. The van der Waals surface area contributed by atoms with Gasteiger partial charge in [-0.15, -0.1) is 0 Å². The van der Waals surface area contributed by atoms with E-state index in [1.54, 1.807) is 0 Å². The molecular formula is C45H54N4O7Si. The predicted molar refractivity (Wildman–Crippen MR) is 220 cm³/mol. The van der Waals surface area contributed by atoms with Gasteiger partial charge in [-0.05, 0) is 90.9 Å². The number of benzene rings is 3. The van der Waals surface area contributed by atoms with Crippen molar-refractivity contribution in [1.29, 1.82) is 0 Å². The van der Waals surface area contributed by atoms with Crippen LogP contribution in [0.15, 0.2) is 82.6 Å². The van der Waals surface area contributed by atoms with Crippen molar-refractivity contribution in [2.24, 2.45) is 17.6 Å². The topological polar surface area (TPSA) is 141 Å². The maximum Gasteiger partial charge on any atom is 0.265 e. The summed E-state index contributed by atoms with van der Waals surface area (Å²) in [6.07, 6.45) is 1.66. The number of anilines is 1. The van der Waals surface area contributed by atoms with Crippen LogP contribution in [0.5, 0.6) is 11.6 Å². The molecule has 2 heterocycles. The Kier molecular flexibility index (Phi) is 9.78. The van der Waals surface area contributed by atoms with E-state index in [-0.39, 0.29) is 58.6 Å². The average molecular weight is 791 g/mol.